The molecule has 0 amide bonds. The zero-order valence-corrected chi connectivity index (χ0v) is 16.1. The number of hydrogen-bond acceptors (Lipinski definition) is 6. The highest BCUT2D eigenvalue weighted by Gasteiger charge is 2.19. The molecule has 4 aromatic rings. The summed E-state index contributed by atoms with van der Waals surface area (Å²) in [5.41, 5.74) is 2.18. The van der Waals surface area contributed by atoms with E-state index in [1.807, 2.05) is 31.2 Å². The van der Waals surface area contributed by atoms with Gasteiger partial charge in [0.1, 0.15) is 9.90 Å². The van der Waals surface area contributed by atoms with Crippen LogP contribution < -0.4 is 4.72 Å². The number of aryl methyl sites for hydroxylation is 1. The van der Waals surface area contributed by atoms with Gasteiger partial charge in [0, 0.05) is 41.0 Å². The normalized spacial score (nSPS) is 11.7. The Morgan fingerprint density at radius 1 is 1.07 bits per heavy atom. The third-order valence-corrected chi connectivity index (χ3v) is 6.75. The van der Waals surface area contributed by atoms with Crippen molar-refractivity contribution in [3.63, 3.8) is 0 Å². The van der Waals surface area contributed by atoms with Crippen molar-refractivity contribution >= 4 is 32.3 Å². The molecule has 0 unspecified atom stereocenters. The summed E-state index contributed by atoms with van der Waals surface area (Å²) in [5.74, 6) is 0. The lowest BCUT2D eigenvalue weighted by molar-refractivity contribution is 0.582. The molecule has 3 heterocycles. The number of hydrogen-bond donors (Lipinski definition) is 1. The van der Waals surface area contributed by atoms with Crippen LogP contribution in [0.4, 0.5) is 0 Å². The molecule has 136 valence electrons. The SMILES string of the molecule is Cc1nc(-c2cccnc2)sc1CNS(=O)(=O)c1cccc2cccnc12. The van der Waals surface area contributed by atoms with E-state index in [0.717, 1.165) is 26.5 Å². The van der Waals surface area contributed by atoms with Crippen molar-refractivity contribution in [1.82, 2.24) is 19.7 Å². The van der Waals surface area contributed by atoms with E-state index in [1.54, 1.807) is 36.8 Å². The Morgan fingerprint density at radius 2 is 1.89 bits per heavy atom. The molecule has 0 saturated heterocycles. The second-order valence-corrected chi connectivity index (χ2v) is 8.74. The predicted octanol–water partition coefficient (Wildman–Crippen LogP) is 3.54. The lowest BCUT2D eigenvalue weighted by atomic mass is 10.2. The van der Waals surface area contributed by atoms with Crippen LogP contribution in [0.1, 0.15) is 10.6 Å². The molecule has 0 spiro atoms. The molecule has 4 rings (SSSR count). The number of benzene rings is 1. The van der Waals surface area contributed by atoms with Crippen molar-refractivity contribution in [3.8, 4) is 10.6 Å². The van der Waals surface area contributed by atoms with Gasteiger partial charge in [-0.15, -0.1) is 11.3 Å². The van der Waals surface area contributed by atoms with Crippen molar-refractivity contribution in [3.05, 3.63) is 71.6 Å². The maximum Gasteiger partial charge on any atom is 0.243 e. The average molecular weight is 396 g/mol. The topological polar surface area (TPSA) is 84.8 Å². The van der Waals surface area contributed by atoms with Crippen LogP contribution in [0.2, 0.25) is 0 Å². The summed E-state index contributed by atoms with van der Waals surface area (Å²) in [6.07, 6.45) is 5.04. The number of para-hydroxylation sites is 1. The molecule has 6 nitrogen and oxygen atoms in total. The maximum absolute atomic E-state index is 12.8. The van der Waals surface area contributed by atoms with Gasteiger partial charge in [-0.25, -0.2) is 18.1 Å². The van der Waals surface area contributed by atoms with E-state index in [4.69, 9.17) is 0 Å². The van der Waals surface area contributed by atoms with Gasteiger partial charge >= 0.3 is 0 Å². The fourth-order valence-corrected chi connectivity index (χ4v) is 4.99. The Morgan fingerprint density at radius 3 is 2.70 bits per heavy atom. The Kier molecular flexibility index (Phi) is 4.69. The van der Waals surface area contributed by atoms with Crippen LogP contribution in [-0.2, 0) is 16.6 Å². The predicted molar refractivity (Wildman–Crippen MR) is 106 cm³/mol. The minimum absolute atomic E-state index is 0.176. The Hall–Kier alpha value is -2.68. The standard InChI is InChI=1S/C19H16N4O2S2/c1-13-16(26-19(23-13)15-7-3-9-20-11-15)12-22-27(24,25)17-8-2-5-14-6-4-10-21-18(14)17/h2-11,22H,12H2,1H3. The van der Waals surface area contributed by atoms with Gasteiger partial charge in [0.25, 0.3) is 0 Å². The molecular weight excluding hydrogens is 380 g/mol. The van der Waals surface area contributed by atoms with Crippen LogP contribution in [0.25, 0.3) is 21.5 Å². The van der Waals surface area contributed by atoms with E-state index < -0.39 is 10.0 Å². The number of fused-ring (bicyclic) bond motifs is 1. The molecule has 0 aliphatic rings. The van der Waals surface area contributed by atoms with Gasteiger partial charge in [-0.2, -0.15) is 0 Å². The van der Waals surface area contributed by atoms with E-state index in [2.05, 4.69) is 19.7 Å². The number of rotatable bonds is 5. The quantitative estimate of drug-likeness (QED) is 0.558. The number of pyridine rings is 2. The van der Waals surface area contributed by atoms with Crippen molar-refractivity contribution in [2.24, 2.45) is 0 Å². The van der Waals surface area contributed by atoms with Crippen LogP contribution >= 0.6 is 11.3 Å². The molecule has 0 bridgehead atoms. The fraction of sp³-hybridized carbons (Fsp3) is 0.105. The van der Waals surface area contributed by atoms with Gasteiger partial charge in [-0.05, 0) is 31.2 Å². The number of sulfonamides is 1. The van der Waals surface area contributed by atoms with E-state index in [9.17, 15) is 8.42 Å². The Labute approximate surface area is 161 Å². The van der Waals surface area contributed by atoms with Crippen molar-refractivity contribution in [1.29, 1.82) is 0 Å². The van der Waals surface area contributed by atoms with Gasteiger partial charge in [0.2, 0.25) is 10.0 Å². The first-order chi connectivity index (χ1) is 13.0. The van der Waals surface area contributed by atoms with Crippen LogP contribution in [-0.4, -0.2) is 23.4 Å². The summed E-state index contributed by atoms with van der Waals surface area (Å²) in [7, 11) is -3.70. The molecule has 1 aromatic carbocycles. The number of nitrogens with one attached hydrogen (secondary N) is 1. The summed E-state index contributed by atoms with van der Waals surface area (Å²) in [6.45, 7) is 2.05. The van der Waals surface area contributed by atoms with E-state index in [-0.39, 0.29) is 11.4 Å². The van der Waals surface area contributed by atoms with Crippen LogP contribution in [0, 0.1) is 6.92 Å². The molecule has 0 aliphatic heterocycles. The molecule has 8 heteroatoms. The minimum atomic E-state index is -3.70. The highest BCUT2D eigenvalue weighted by Crippen LogP contribution is 2.28. The lowest BCUT2D eigenvalue weighted by Crippen LogP contribution is -2.23. The number of aromatic nitrogens is 3. The summed E-state index contributed by atoms with van der Waals surface area (Å²) in [5, 5.41) is 1.61. The summed E-state index contributed by atoms with van der Waals surface area (Å²) in [4.78, 5) is 13.9. The molecule has 0 radical (unpaired) electrons. The first kappa shape index (κ1) is 17.7. The maximum atomic E-state index is 12.8. The molecular formula is C19H16N4O2S2. The van der Waals surface area contributed by atoms with Gasteiger partial charge in [-0.1, -0.05) is 18.2 Å². The number of nitrogens with zero attached hydrogens (tertiary/aromatic N) is 3. The Bertz CT molecular complexity index is 1200. The third kappa shape index (κ3) is 3.59. The summed E-state index contributed by atoms with van der Waals surface area (Å²) < 4.78 is 28.3. The fourth-order valence-electron chi connectivity index (χ4n) is 2.74. The largest absolute Gasteiger partial charge is 0.264 e. The molecule has 0 saturated carbocycles. The van der Waals surface area contributed by atoms with E-state index in [1.165, 1.54) is 11.3 Å². The smallest absolute Gasteiger partial charge is 0.243 e. The van der Waals surface area contributed by atoms with Gasteiger partial charge in [0.15, 0.2) is 0 Å². The molecule has 0 atom stereocenters. The van der Waals surface area contributed by atoms with Gasteiger partial charge in [0.05, 0.1) is 11.2 Å². The molecule has 0 fully saturated rings. The van der Waals surface area contributed by atoms with E-state index >= 15 is 0 Å². The zero-order chi connectivity index (χ0) is 18.9. The van der Waals surface area contributed by atoms with Gasteiger partial charge in [-0.3, -0.25) is 9.97 Å². The van der Waals surface area contributed by atoms with Crippen LogP contribution in [0.5, 0.6) is 0 Å². The molecule has 1 N–H and O–H groups in total. The second-order valence-electron chi connectivity index (χ2n) is 5.93. The second kappa shape index (κ2) is 7.15. The molecule has 3 aromatic heterocycles. The molecule has 0 aliphatic carbocycles. The van der Waals surface area contributed by atoms with Crippen molar-refractivity contribution in [2.75, 3.05) is 0 Å². The van der Waals surface area contributed by atoms with Crippen LogP contribution in [0.3, 0.4) is 0 Å². The van der Waals surface area contributed by atoms with Gasteiger partial charge < -0.3 is 0 Å². The van der Waals surface area contributed by atoms with Crippen LogP contribution in [0.15, 0.2) is 66.0 Å². The zero-order valence-electron chi connectivity index (χ0n) is 14.5. The van der Waals surface area contributed by atoms with E-state index in [0.29, 0.717) is 5.52 Å². The monoisotopic (exact) mass is 396 g/mol. The number of thiazole rings is 1. The Balaban J connectivity index is 1.60. The first-order valence-corrected chi connectivity index (χ1v) is 10.5. The van der Waals surface area contributed by atoms with Crippen molar-refractivity contribution in [2.45, 2.75) is 18.4 Å². The summed E-state index contributed by atoms with van der Waals surface area (Å²) in [6, 6.07) is 12.5. The highest BCUT2D eigenvalue weighted by atomic mass is 32.2. The van der Waals surface area contributed by atoms with Crippen molar-refractivity contribution < 1.29 is 8.42 Å². The first-order valence-electron chi connectivity index (χ1n) is 8.25. The third-order valence-electron chi connectivity index (χ3n) is 4.11. The lowest BCUT2D eigenvalue weighted by Gasteiger charge is -2.08. The summed E-state index contributed by atoms with van der Waals surface area (Å²) >= 11 is 1.46. The molecule has 27 heavy (non-hydrogen) atoms. The minimum Gasteiger partial charge on any atom is -0.264 e. The average Bonchev–Trinajstić information content (AvgIpc) is 3.07. The highest BCUT2D eigenvalue weighted by molar-refractivity contribution is 7.89.